The summed E-state index contributed by atoms with van der Waals surface area (Å²) in [5.41, 5.74) is 0.590. The number of ether oxygens (including phenoxy) is 1. The van der Waals surface area contributed by atoms with Crippen LogP contribution in [0.1, 0.15) is 106 Å². The Hall–Kier alpha value is -1.16. The second kappa shape index (κ2) is 7.45. The molecular formula is C31H48O4. The van der Waals surface area contributed by atoms with Crippen molar-refractivity contribution >= 4 is 11.8 Å². The van der Waals surface area contributed by atoms with Crippen LogP contribution in [0.4, 0.5) is 0 Å². The van der Waals surface area contributed by atoms with E-state index < -0.39 is 5.41 Å². The average molecular weight is 485 g/mol. The van der Waals surface area contributed by atoms with E-state index >= 15 is 0 Å². The first-order valence-electron chi connectivity index (χ1n) is 14.1. The van der Waals surface area contributed by atoms with Crippen molar-refractivity contribution in [3.8, 4) is 0 Å². The van der Waals surface area contributed by atoms with Crippen molar-refractivity contribution in [2.45, 2.75) is 112 Å². The van der Waals surface area contributed by atoms with Crippen LogP contribution in [0.25, 0.3) is 0 Å². The van der Waals surface area contributed by atoms with Crippen LogP contribution in [-0.2, 0) is 14.3 Å². The summed E-state index contributed by atoms with van der Waals surface area (Å²) in [5, 5.41) is 10.9. The fourth-order valence-electron chi connectivity index (χ4n) is 10.6. The summed E-state index contributed by atoms with van der Waals surface area (Å²) in [6.45, 7) is 16.2. The first-order chi connectivity index (χ1) is 16.1. The number of allylic oxidation sites excluding steroid dienone is 2. The topological polar surface area (TPSA) is 63.6 Å². The van der Waals surface area contributed by atoms with Crippen molar-refractivity contribution in [3.05, 3.63) is 11.6 Å². The van der Waals surface area contributed by atoms with E-state index in [0.29, 0.717) is 11.7 Å². The molecule has 5 rings (SSSR count). The van der Waals surface area contributed by atoms with Gasteiger partial charge in [-0.1, -0.05) is 47.1 Å². The van der Waals surface area contributed by atoms with Gasteiger partial charge >= 0.3 is 5.97 Å². The van der Waals surface area contributed by atoms with Crippen LogP contribution in [0, 0.1) is 50.2 Å². The average Bonchev–Trinajstić information content (AvgIpc) is 2.78. The number of esters is 1. The molecule has 0 bridgehead atoms. The van der Waals surface area contributed by atoms with Gasteiger partial charge in [0.25, 0.3) is 0 Å². The molecule has 1 N–H and O–H groups in total. The molecule has 0 aromatic rings. The second-order valence-corrected chi connectivity index (χ2v) is 15.1. The standard InChI is InChI=1S/C31H48O4/c1-26(2)22-9-12-31(7)24(29(22,5)11-10-23(26)33)21(32)17-19-20-18-28(4,25(34)35-8)14-13-27(20,3)15-16-30(19,31)6/h17,20,22-24,33H,9-16,18H2,1-8H3/t20-,22-,23+,24-,27-,28+,29-,30+,31+/m1/s1. The van der Waals surface area contributed by atoms with E-state index in [4.69, 9.17) is 4.74 Å². The summed E-state index contributed by atoms with van der Waals surface area (Å²) < 4.78 is 5.25. The SMILES string of the molecule is COC(=O)[C@@]1(C)CC[C@]2(C)CC[C@@]3(C)C(=CC(=O)[C@@H]4[C@]5(C)CC[C@H](O)C(C)(C)[C@H]5CC[C@@]43C)[C@H]2C1. The number of rotatable bonds is 1. The van der Waals surface area contributed by atoms with Crippen molar-refractivity contribution in [1.82, 2.24) is 0 Å². The molecule has 0 heterocycles. The van der Waals surface area contributed by atoms with Gasteiger partial charge in [-0.05, 0) is 110 Å². The molecule has 196 valence electrons. The van der Waals surface area contributed by atoms with E-state index in [1.807, 2.05) is 0 Å². The van der Waals surface area contributed by atoms with Crippen molar-refractivity contribution < 1.29 is 19.4 Å². The number of fused-ring (bicyclic) bond motifs is 7. The molecule has 35 heavy (non-hydrogen) atoms. The minimum absolute atomic E-state index is 0.00536. The molecule has 4 nitrogen and oxygen atoms in total. The Morgan fingerprint density at radius 2 is 1.60 bits per heavy atom. The van der Waals surface area contributed by atoms with E-state index in [9.17, 15) is 14.7 Å². The van der Waals surface area contributed by atoms with Gasteiger partial charge in [-0.25, -0.2) is 0 Å². The van der Waals surface area contributed by atoms with Gasteiger partial charge in [-0.15, -0.1) is 0 Å². The number of aliphatic hydroxyl groups is 1. The number of ketones is 1. The number of carbonyl (C=O) groups is 2. The quantitative estimate of drug-likeness (QED) is 0.431. The summed E-state index contributed by atoms with van der Waals surface area (Å²) in [6.07, 6.45) is 10.5. The lowest BCUT2D eigenvalue weighted by Crippen LogP contribution is -2.66. The largest absolute Gasteiger partial charge is 0.469 e. The maximum absolute atomic E-state index is 14.3. The van der Waals surface area contributed by atoms with Gasteiger partial charge in [-0.3, -0.25) is 9.59 Å². The lowest BCUT2D eigenvalue weighted by molar-refractivity contribution is -0.202. The molecule has 4 fully saturated rings. The second-order valence-electron chi connectivity index (χ2n) is 15.1. The molecule has 0 unspecified atom stereocenters. The van der Waals surface area contributed by atoms with Gasteiger partial charge in [0.15, 0.2) is 5.78 Å². The molecule has 0 aromatic carbocycles. The molecule has 0 saturated heterocycles. The van der Waals surface area contributed by atoms with Crippen LogP contribution < -0.4 is 0 Å². The first-order valence-corrected chi connectivity index (χ1v) is 14.1. The number of methoxy groups -OCH3 is 1. The molecular weight excluding hydrogens is 436 g/mol. The lowest BCUT2D eigenvalue weighted by atomic mass is 9.33. The predicted octanol–water partition coefficient (Wildman–Crippen LogP) is 6.50. The number of hydrogen-bond acceptors (Lipinski definition) is 4. The van der Waals surface area contributed by atoms with Crippen molar-refractivity contribution in [1.29, 1.82) is 0 Å². The summed E-state index contributed by atoms with van der Waals surface area (Å²) in [7, 11) is 1.50. The third-order valence-corrected chi connectivity index (χ3v) is 13.2. The van der Waals surface area contributed by atoms with Crippen molar-refractivity contribution in [2.75, 3.05) is 7.11 Å². The zero-order valence-electron chi connectivity index (χ0n) is 23.4. The monoisotopic (exact) mass is 484 g/mol. The summed E-state index contributed by atoms with van der Waals surface area (Å²) in [6, 6.07) is 0. The van der Waals surface area contributed by atoms with Crippen molar-refractivity contribution in [2.24, 2.45) is 50.2 Å². The Morgan fingerprint density at radius 3 is 2.26 bits per heavy atom. The third kappa shape index (κ3) is 3.07. The third-order valence-electron chi connectivity index (χ3n) is 13.2. The number of hydrogen-bond donors (Lipinski definition) is 1. The number of carbonyl (C=O) groups excluding carboxylic acids is 2. The van der Waals surface area contributed by atoms with Crippen LogP contribution in [0.5, 0.6) is 0 Å². The molecule has 9 atom stereocenters. The Morgan fingerprint density at radius 1 is 0.943 bits per heavy atom. The van der Waals surface area contributed by atoms with Gasteiger partial charge < -0.3 is 9.84 Å². The van der Waals surface area contributed by atoms with Crippen LogP contribution >= 0.6 is 0 Å². The Labute approximate surface area is 212 Å². The molecule has 0 aliphatic heterocycles. The van der Waals surface area contributed by atoms with E-state index in [1.165, 1.54) is 12.7 Å². The molecule has 0 spiro atoms. The lowest BCUT2D eigenvalue weighted by Gasteiger charge is -2.70. The maximum Gasteiger partial charge on any atom is 0.311 e. The smallest absolute Gasteiger partial charge is 0.311 e. The normalized spacial score (nSPS) is 52.8. The molecule has 0 radical (unpaired) electrons. The van der Waals surface area contributed by atoms with E-state index in [1.54, 1.807) is 0 Å². The number of aliphatic hydroxyl groups excluding tert-OH is 1. The molecule has 5 aliphatic rings. The molecule has 4 saturated carbocycles. The molecule has 0 aromatic heterocycles. The van der Waals surface area contributed by atoms with Crippen molar-refractivity contribution in [3.63, 3.8) is 0 Å². The Kier molecular flexibility index (Phi) is 5.43. The first kappa shape index (κ1) is 25.5. The van der Waals surface area contributed by atoms with Crippen LogP contribution in [0.15, 0.2) is 11.6 Å². The summed E-state index contributed by atoms with van der Waals surface area (Å²) in [5.74, 6) is 0.805. The van der Waals surface area contributed by atoms with Gasteiger partial charge in [0.2, 0.25) is 0 Å². The van der Waals surface area contributed by atoms with E-state index in [2.05, 4.69) is 54.5 Å². The van der Waals surface area contributed by atoms with E-state index in [0.717, 1.165) is 57.8 Å². The highest BCUT2D eigenvalue weighted by Gasteiger charge is 2.70. The van der Waals surface area contributed by atoms with Gasteiger partial charge in [-0.2, -0.15) is 0 Å². The Bertz CT molecular complexity index is 980. The zero-order chi connectivity index (χ0) is 25.8. The minimum Gasteiger partial charge on any atom is -0.469 e. The summed E-state index contributed by atoms with van der Waals surface area (Å²) in [4.78, 5) is 27.1. The zero-order valence-corrected chi connectivity index (χ0v) is 23.4. The predicted molar refractivity (Wildman–Crippen MR) is 137 cm³/mol. The van der Waals surface area contributed by atoms with Gasteiger partial charge in [0, 0.05) is 5.92 Å². The van der Waals surface area contributed by atoms with Crippen LogP contribution in [0.2, 0.25) is 0 Å². The van der Waals surface area contributed by atoms with E-state index in [-0.39, 0.29) is 51.0 Å². The fraction of sp³-hybridized carbons (Fsp3) is 0.871. The molecule has 0 amide bonds. The molecule has 4 heteroatoms. The molecule has 5 aliphatic carbocycles. The Balaban J connectivity index is 1.61. The van der Waals surface area contributed by atoms with Gasteiger partial charge in [0.1, 0.15) is 0 Å². The van der Waals surface area contributed by atoms with Crippen LogP contribution in [-0.4, -0.2) is 30.1 Å². The highest BCUT2D eigenvalue weighted by Crippen LogP contribution is 2.75. The van der Waals surface area contributed by atoms with Crippen LogP contribution in [0.3, 0.4) is 0 Å². The minimum atomic E-state index is -0.480. The maximum atomic E-state index is 14.3. The highest BCUT2D eigenvalue weighted by atomic mass is 16.5. The summed E-state index contributed by atoms with van der Waals surface area (Å²) >= 11 is 0. The fourth-order valence-corrected chi connectivity index (χ4v) is 10.6. The van der Waals surface area contributed by atoms with Gasteiger partial charge in [0.05, 0.1) is 18.6 Å². The highest BCUT2D eigenvalue weighted by molar-refractivity contribution is 5.95.